The Morgan fingerprint density at radius 2 is 1.97 bits per heavy atom. The minimum atomic E-state index is -0.617. The molecule has 0 unspecified atom stereocenters. The summed E-state index contributed by atoms with van der Waals surface area (Å²) in [4.78, 5) is 13.2. The molecule has 5 rings (SSSR count). The molecule has 7 heteroatoms. The van der Waals surface area contributed by atoms with Gasteiger partial charge in [-0.15, -0.1) is 5.10 Å². The molecule has 8 atom stereocenters. The van der Waals surface area contributed by atoms with Crippen LogP contribution in [0.4, 0.5) is 0 Å². The third-order valence-electron chi connectivity index (χ3n) is 9.78. The molecule has 0 aromatic carbocycles. The standard InChI is InChI=1S/C24H38N4O3/c1-3-31-14-24(30)11-9-17-16(12-24)4-5-19-18(17)8-10-23(2)20(19)6-7-21(23)22(29)13-28-15-25-26-27-28/h15-21,30H,3-14H2,1-2H3/t16-,17-,18+,19+,20-,21+,23-,24+/m0/s1. The summed E-state index contributed by atoms with van der Waals surface area (Å²) >= 11 is 0. The second-order valence-corrected chi connectivity index (χ2v) is 11.2. The van der Waals surface area contributed by atoms with Crippen LogP contribution in [-0.4, -0.2) is 49.9 Å². The van der Waals surface area contributed by atoms with Crippen LogP contribution in [0, 0.1) is 40.9 Å². The molecule has 0 aliphatic heterocycles. The summed E-state index contributed by atoms with van der Waals surface area (Å²) in [7, 11) is 0. The molecule has 1 heterocycles. The van der Waals surface area contributed by atoms with Crippen LogP contribution in [0.3, 0.4) is 0 Å². The van der Waals surface area contributed by atoms with Gasteiger partial charge >= 0.3 is 0 Å². The van der Waals surface area contributed by atoms with E-state index in [-0.39, 0.29) is 11.3 Å². The van der Waals surface area contributed by atoms with E-state index in [0.717, 1.165) is 49.9 Å². The average molecular weight is 431 g/mol. The highest BCUT2D eigenvalue weighted by Gasteiger charge is 2.59. The maximum absolute atomic E-state index is 13.2. The summed E-state index contributed by atoms with van der Waals surface area (Å²) in [6, 6.07) is 0. The van der Waals surface area contributed by atoms with Crippen molar-refractivity contribution in [1.29, 1.82) is 0 Å². The molecule has 4 aliphatic rings. The number of ether oxygens (including phenoxy) is 1. The minimum absolute atomic E-state index is 0.128. The molecule has 4 fully saturated rings. The molecule has 4 saturated carbocycles. The van der Waals surface area contributed by atoms with E-state index in [2.05, 4.69) is 22.4 Å². The van der Waals surface area contributed by atoms with Crippen LogP contribution in [0.15, 0.2) is 6.33 Å². The second-order valence-electron chi connectivity index (χ2n) is 11.2. The maximum Gasteiger partial charge on any atom is 0.158 e. The number of carbonyl (C=O) groups excluding carboxylic acids is 1. The Hall–Kier alpha value is -1.34. The van der Waals surface area contributed by atoms with Gasteiger partial charge < -0.3 is 9.84 Å². The summed E-state index contributed by atoms with van der Waals surface area (Å²) in [6.07, 6.45) is 11.6. The van der Waals surface area contributed by atoms with Gasteiger partial charge in [0.25, 0.3) is 0 Å². The molecule has 31 heavy (non-hydrogen) atoms. The van der Waals surface area contributed by atoms with E-state index in [1.165, 1.54) is 25.7 Å². The first-order chi connectivity index (χ1) is 14.9. The number of fused-ring (bicyclic) bond motifs is 5. The van der Waals surface area contributed by atoms with Crippen LogP contribution in [0.25, 0.3) is 0 Å². The van der Waals surface area contributed by atoms with E-state index in [1.54, 1.807) is 11.0 Å². The van der Waals surface area contributed by atoms with E-state index in [9.17, 15) is 9.90 Å². The van der Waals surface area contributed by atoms with Crippen molar-refractivity contribution >= 4 is 5.78 Å². The van der Waals surface area contributed by atoms with Gasteiger partial charge in [-0.3, -0.25) is 4.79 Å². The van der Waals surface area contributed by atoms with Crippen molar-refractivity contribution in [2.24, 2.45) is 40.9 Å². The lowest BCUT2D eigenvalue weighted by atomic mass is 9.49. The van der Waals surface area contributed by atoms with Crippen LogP contribution in [0.5, 0.6) is 0 Å². The zero-order chi connectivity index (χ0) is 21.6. The molecule has 1 aromatic rings. The molecule has 0 spiro atoms. The summed E-state index contributed by atoms with van der Waals surface area (Å²) in [6.45, 7) is 5.87. The Kier molecular flexibility index (Phi) is 5.70. The normalized spacial score (nSPS) is 44.4. The van der Waals surface area contributed by atoms with Crippen molar-refractivity contribution in [3.8, 4) is 0 Å². The van der Waals surface area contributed by atoms with Crippen molar-refractivity contribution < 1.29 is 14.6 Å². The van der Waals surface area contributed by atoms with Crippen LogP contribution in [-0.2, 0) is 16.1 Å². The molecule has 172 valence electrons. The zero-order valence-corrected chi connectivity index (χ0v) is 19.1. The average Bonchev–Trinajstić information content (AvgIpc) is 3.39. The number of tetrazole rings is 1. The maximum atomic E-state index is 13.2. The van der Waals surface area contributed by atoms with Crippen molar-refractivity contribution in [3.05, 3.63) is 6.33 Å². The van der Waals surface area contributed by atoms with Gasteiger partial charge in [0, 0.05) is 12.5 Å². The van der Waals surface area contributed by atoms with Crippen molar-refractivity contribution in [2.75, 3.05) is 13.2 Å². The number of ketones is 1. The lowest BCUT2D eigenvalue weighted by molar-refractivity contribution is -0.138. The first-order valence-electron chi connectivity index (χ1n) is 12.5. The van der Waals surface area contributed by atoms with Crippen LogP contribution >= 0.6 is 0 Å². The third kappa shape index (κ3) is 3.75. The van der Waals surface area contributed by atoms with E-state index in [0.29, 0.717) is 37.4 Å². The number of hydrogen-bond acceptors (Lipinski definition) is 6. The number of rotatable bonds is 6. The zero-order valence-electron chi connectivity index (χ0n) is 19.1. The van der Waals surface area contributed by atoms with E-state index in [4.69, 9.17) is 4.74 Å². The predicted molar refractivity (Wildman–Crippen MR) is 115 cm³/mol. The summed E-state index contributed by atoms with van der Waals surface area (Å²) < 4.78 is 7.18. The number of Topliss-reactive ketones (excluding diaryl/α,β-unsaturated/α-hetero) is 1. The van der Waals surface area contributed by atoms with Gasteiger partial charge in [-0.05, 0) is 110 Å². The van der Waals surface area contributed by atoms with Crippen LogP contribution < -0.4 is 0 Å². The summed E-state index contributed by atoms with van der Waals surface area (Å²) in [5.74, 6) is 4.04. The number of aliphatic hydroxyl groups is 1. The van der Waals surface area contributed by atoms with Gasteiger partial charge in [0.05, 0.1) is 12.2 Å². The predicted octanol–water partition coefficient (Wildman–Crippen LogP) is 3.28. The minimum Gasteiger partial charge on any atom is -0.387 e. The van der Waals surface area contributed by atoms with Crippen molar-refractivity contribution in [1.82, 2.24) is 20.2 Å². The largest absolute Gasteiger partial charge is 0.387 e. The highest BCUT2D eigenvalue weighted by Crippen LogP contribution is 2.64. The Morgan fingerprint density at radius 3 is 2.74 bits per heavy atom. The lowest BCUT2D eigenvalue weighted by Crippen LogP contribution is -2.52. The topological polar surface area (TPSA) is 90.1 Å². The monoisotopic (exact) mass is 430 g/mol. The number of carbonyl (C=O) groups is 1. The summed E-state index contributed by atoms with van der Waals surface area (Å²) in [5, 5.41) is 22.3. The van der Waals surface area contributed by atoms with Gasteiger partial charge in [-0.2, -0.15) is 0 Å². The Morgan fingerprint density at radius 1 is 1.13 bits per heavy atom. The van der Waals surface area contributed by atoms with Gasteiger partial charge in [-0.1, -0.05) is 6.92 Å². The molecule has 0 amide bonds. The highest BCUT2D eigenvalue weighted by atomic mass is 16.5. The van der Waals surface area contributed by atoms with Crippen LogP contribution in [0.2, 0.25) is 0 Å². The Balaban J connectivity index is 1.27. The quantitative estimate of drug-likeness (QED) is 0.745. The molecule has 7 nitrogen and oxygen atoms in total. The third-order valence-corrected chi connectivity index (χ3v) is 9.78. The first kappa shape index (κ1) is 21.5. The lowest BCUT2D eigenvalue weighted by Gasteiger charge is -2.57. The van der Waals surface area contributed by atoms with Crippen molar-refractivity contribution in [2.45, 2.75) is 83.8 Å². The highest BCUT2D eigenvalue weighted by molar-refractivity contribution is 5.82. The summed E-state index contributed by atoms with van der Waals surface area (Å²) in [5.41, 5.74) is -0.488. The van der Waals surface area contributed by atoms with Gasteiger partial charge in [0.1, 0.15) is 12.9 Å². The molecule has 0 saturated heterocycles. The molecule has 4 aliphatic carbocycles. The van der Waals surface area contributed by atoms with Crippen LogP contribution in [0.1, 0.15) is 71.6 Å². The first-order valence-corrected chi connectivity index (χ1v) is 12.5. The fourth-order valence-corrected chi connectivity index (χ4v) is 8.44. The number of hydrogen-bond donors (Lipinski definition) is 1. The SMILES string of the molecule is CCOC[C@@]1(O)CC[C@H]2[C@@H](CC[C@@H]3[C@@H]2CC[C@]2(C)[C@@H](C(=O)Cn4cnnn4)CC[C@@H]32)C1. The smallest absolute Gasteiger partial charge is 0.158 e. The van der Waals surface area contributed by atoms with E-state index in [1.807, 2.05) is 6.92 Å². The molecule has 0 radical (unpaired) electrons. The van der Waals surface area contributed by atoms with Gasteiger partial charge in [-0.25, -0.2) is 4.68 Å². The molecule has 0 bridgehead atoms. The number of aromatic nitrogens is 4. The second kappa shape index (κ2) is 8.22. The van der Waals surface area contributed by atoms with E-state index >= 15 is 0 Å². The fraction of sp³-hybridized carbons (Fsp3) is 0.917. The Labute approximate surface area is 185 Å². The molecular formula is C24H38N4O3. The Bertz CT molecular complexity index is 786. The van der Waals surface area contributed by atoms with Gasteiger partial charge in [0.2, 0.25) is 0 Å². The molecule has 1 aromatic heterocycles. The number of nitrogens with zero attached hydrogens (tertiary/aromatic N) is 4. The molecular weight excluding hydrogens is 392 g/mol. The fourth-order valence-electron chi connectivity index (χ4n) is 8.44. The van der Waals surface area contributed by atoms with Crippen molar-refractivity contribution in [3.63, 3.8) is 0 Å². The van der Waals surface area contributed by atoms with E-state index < -0.39 is 5.60 Å². The molecule has 1 N–H and O–H groups in total. The van der Waals surface area contributed by atoms with Gasteiger partial charge in [0.15, 0.2) is 5.78 Å².